The second-order valence-corrected chi connectivity index (χ2v) is 4.31. The molecule has 1 aromatic heterocycles. The summed E-state index contributed by atoms with van der Waals surface area (Å²) in [4.78, 5) is 0. The lowest BCUT2D eigenvalue weighted by atomic mass is 10.4. The van der Waals surface area contributed by atoms with Gasteiger partial charge in [-0.25, -0.2) is 17.8 Å². The predicted molar refractivity (Wildman–Crippen MR) is 49.4 cm³/mol. The van der Waals surface area contributed by atoms with Gasteiger partial charge in [0.15, 0.2) is 0 Å². The Morgan fingerprint density at radius 2 is 2.33 bits per heavy atom. The van der Waals surface area contributed by atoms with Gasteiger partial charge < -0.3 is 0 Å². The molecule has 0 saturated carbocycles. The Kier molecular flexibility index (Phi) is 3.53. The summed E-state index contributed by atoms with van der Waals surface area (Å²) in [5.41, 5.74) is 0.209. The molecule has 0 amide bonds. The summed E-state index contributed by atoms with van der Waals surface area (Å²) in [6.07, 6.45) is 1.07. The molecular formula is C7H9F2N3O2S. The molecule has 0 fully saturated rings. The standard InChI is InChI=1S/C7H9F2N3O2S/c1-2-15(13,14)10-5-6-3-4-12(11-6)7(8)9/h2-4,7,10H,1,5H2. The van der Waals surface area contributed by atoms with Crippen molar-refractivity contribution in [3.8, 4) is 0 Å². The van der Waals surface area contributed by atoms with Crippen LogP contribution in [0.5, 0.6) is 0 Å². The highest BCUT2D eigenvalue weighted by Crippen LogP contribution is 2.08. The van der Waals surface area contributed by atoms with E-state index in [0.717, 1.165) is 11.6 Å². The van der Waals surface area contributed by atoms with Crippen molar-refractivity contribution in [2.45, 2.75) is 13.1 Å². The maximum atomic E-state index is 12.1. The molecule has 0 aromatic carbocycles. The summed E-state index contributed by atoms with van der Waals surface area (Å²) in [5, 5.41) is 4.19. The molecule has 84 valence electrons. The summed E-state index contributed by atoms with van der Waals surface area (Å²) < 4.78 is 48.5. The maximum absolute atomic E-state index is 12.1. The van der Waals surface area contributed by atoms with E-state index in [-0.39, 0.29) is 12.2 Å². The molecule has 0 saturated heterocycles. The minimum atomic E-state index is -3.55. The second kappa shape index (κ2) is 4.49. The average molecular weight is 237 g/mol. The van der Waals surface area contributed by atoms with E-state index < -0.39 is 16.6 Å². The summed E-state index contributed by atoms with van der Waals surface area (Å²) in [6, 6.07) is 1.30. The smallest absolute Gasteiger partial charge is 0.211 e. The molecule has 0 unspecified atom stereocenters. The molecule has 0 aliphatic rings. The molecule has 1 N–H and O–H groups in total. The zero-order chi connectivity index (χ0) is 11.5. The first-order chi connectivity index (χ1) is 6.94. The zero-order valence-electron chi connectivity index (χ0n) is 7.60. The van der Waals surface area contributed by atoms with Crippen LogP contribution in [0.15, 0.2) is 24.3 Å². The molecule has 0 atom stereocenters. The van der Waals surface area contributed by atoms with Gasteiger partial charge in [-0.3, -0.25) is 0 Å². The van der Waals surface area contributed by atoms with Crippen molar-refractivity contribution in [2.24, 2.45) is 0 Å². The maximum Gasteiger partial charge on any atom is 0.333 e. The molecule has 15 heavy (non-hydrogen) atoms. The monoisotopic (exact) mass is 237 g/mol. The minimum Gasteiger partial charge on any atom is -0.211 e. The van der Waals surface area contributed by atoms with Crippen LogP contribution in [-0.4, -0.2) is 18.2 Å². The van der Waals surface area contributed by atoms with E-state index in [1.54, 1.807) is 0 Å². The lowest BCUT2D eigenvalue weighted by Gasteiger charge is -1.99. The van der Waals surface area contributed by atoms with Crippen molar-refractivity contribution < 1.29 is 17.2 Å². The van der Waals surface area contributed by atoms with Gasteiger partial charge in [0.05, 0.1) is 12.2 Å². The number of hydrogen-bond donors (Lipinski definition) is 1. The zero-order valence-corrected chi connectivity index (χ0v) is 8.42. The number of nitrogens with one attached hydrogen (secondary N) is 1. The van der Waals surface area contributed by atoms with E-state index in [4.69, 9.17) is 0 Å². The summed E-state index contributed by atoms with van der Waals surface area (Å²) in [6.45, 7) is 0.210. The van der Waals surface area contributed by atoms with E-state index in [1.807, 2.05) is 0 Å². The molecule has 0 bridgehead atoms. The number of rotatable bonds is 5. The molecule has 1 heterocycles. The van der Waals surface area contributed by atoms with E-state index in [0.29, 0.717) is 4.68 Å². The highest BCUT2D eigenvalue weighted by molar-refractivity contribution is 7.92. The van der Waals surface area contributed by atoms with Crippen LogP contribution < -0.4 is 4.72 Å². The van der Waals surface area contributed by atoms with Crippen LogP contribution in [-0.2, 0) is 16.6 Å². The molecule has 0 radical (unpaired) electrons. The molecule has 1 rings (SSSR count). The molecule has 0 aliphatic heterocycles. The van der Waals surface area contributed by atoms with Crippen molar-refractivity contribution in [1.82, 2.24) is 14.5 Å². The lowest BCUT2D eigenvalue weighted by molar-refractivity contribution is 0.0562. The Morgan fingerprint density at radius 3 is 2.80 bits per heavy atom. The third-order valence-corrected chi connectivity index (χ3v) is 2.52. The Bertz CT molecular complexity index is 441. The largest absolute Gasteiger partial charge is 0.333 e. The van der Waals surface area contributed by atoms with Crippen LogP contribution in [0.3, 0.4) is 0 Å². The topological polar surface area (TPSA) is 64.0 Å². The summed E-state index contributed by atoms with van der Waals surface area (Å²) in [7, 11) is -3.55. The molecule has 5 nitrogen and oxygen atoms in total. The van der Waals surface area contributed by atoms with E-state index >= 15 is 0 Å². The van der Waals surface area contributed by atoms with Gasteiger partial charge in [-0.1, -0.05) is 6.58 Å². The van der Waals surface area contributed by atoms with Gasteiger partial charge in [-0.15, -0.1) is 0 Å². The van der Waals surface area contributed by atoms with Crippen LogP contribution in [0, 0.1) is 0 Å². The number of halogens is 2. The van der Waals surface area contributed by atoms with Gasteiger partial charge in [-0.2, -0.15) is 13.9 Å². The lowest BCUT2D eigenvalue weighted by Crippen LogP contribution is -2.20. The Balaban J connectivity index is 2.63. The van der Waals surface area contributed by atoms with Crippen molar-refractivity contribution in [1.29, 1.82) is 0 Å². The van der Waals surface area contributed by atoms with E-state index in [1.165, 1.54) is 6.07 Å². The molecule has 1 aromatic rings. The van der Waals surface area contributed by atoms with Crippen LogP contribution in [0.1, 0.15) is 12.2 Å². The fourth-order valence-corrected chi connectivity index (χ4v) is 1.28. The van der Waals surface area contributed by atoms with Crippen molar-refractivity contribution >= 4 is 10.0 Å². The highest BCUT2D eigenvalue weighted by atomic mass is 32.2. The van der Waals surface area contributed by atoms with E-state index in [2.05, 4.69) is 16.4 Å². The first-order valence-corrected chi connectivity index (χ1v) is 5.43. The fraction of sp³-hybridized carbons (Fsp3) is 0.286. The van der Waals surface area contributed by atoms with Crippen LogP contribution in [0.2, 0.25) is 0 Å². The summed E-state index contributed by atoms with van der Waals surface area (Å²) in [5.74, 6) is 0. The average Bonchev–Trinajstić information content (AvgIpc) is 2.63. The Hall–Kier alpha value is -1.28. The third kappa shape index (κ3) is 3.40. The first kappa shape index (κ1) is 11.8. The highest BCUT2D eigenvalue weighted by Gasteiger charge is 2.09. The first-order valence-electron chi connectivity index (χ1n) is 3.89. The number of sulfonamides is 1. The Morgan fingerprint density at radius 1 is 1.67 bits per heavy atom. The van der Waals surface area contributed by atoms with Gasteiger partial charge in [0.1, 0.15) is 0 Å². The van der Waals surface area contributed by atoms with Crippen LogP contribution in [0.25, 0.3) is 0 Å². The van der Waals surface area contributed by atoms with Crippen molar-refractivity contribution in [3.63, 3.8) is 0 Å². The number of nitrogens with zero attached hydrogens (tertiary/aromatic N) is 2. The normalized spacial score (nSPS) is 11.9. The van der Waals surface area contributed by atoms with Gasteiger partial charge in [0.25, 0.3) is 0 Å². The quantitative estimate of drug-likeness (QED) is 0.825. The molecule has 0 spiro atoms. The fourth-order valence-electron chi connectivity index (χ4n) is 0.814. The number of hydrogen-bond acceptors (Lipinski definition) is 3. The molecule has 0 aliphatic carbocycles. The number of alkyl halides is 2. The van der Waals surface area contributed by atoms with Crippen molar-refractivity contribution in [3.05, 3.63) is 29.9 Å². The van der Waals surface area contributed by atoms with Crippen LogP contribution in [0.4, 0.5) is 8.78 Å². The number of aromatic nitrogens is 2. The minimum absolute atomic E-state index is 0.145. The third-order valence-electron chi connectivity index (χ3n) is 1.54. The predicted octanol–water partition coefficient (Wildman–Crippen LogP) is 0.841. The Labute approximate surface area is 85.5 Å². The van der Waals surface area contributed by atoms with Gasteiger partial charge in [-0.05, 0) is 6.07 Å². The molecule has 8 heteroatoms. The summed E-state index contributed by atoms with van der Waals surface area (Å²) >= 11 is 0. The van der Waals surface area contributed by atoms with E-state index in [9.17, 15) is 17.2 Å². The van der Waals surface area contributed by atoms with Gasteiger partial charge in [0, 0.05) is 11.6 Å². The SMILES string of the molecule is C=CS(=O)(=O)NCc1ccn(C(F)F)n1. The van der Waals surface area contributed by atoms with Crippen molar-refractivity contribution in [2.75, 3.05) is 0 Å². The van der Waals surface area contributed by atoms with Gasteiger partial charge >= 0.3 is 6.55 Å². The van der Waals surface area contributed by atoms with Gasteiger partial charge in [0.2, 0.25) is 10.0 Å². The molecular weight excluding hydrogens is 228 g/mol. The van der Waals surface area contributed by atoms with Crippen LogP contribution >= 0.6 is 0 Å². The second-order valence-electron chi connectivity index (χ2n) is 2.60.